The number of amides is 2. The smallest absolute Gasteiger partial charge is 0.313 e. The molecule has 2 N–H and O–H groups in total. The fourth-order valence-electron chi connectivity index (χ4n) is 2.62. The standard InChI is InChI=1S/C15H20N4O6S/c1-26(24,25)18-8-6-11(7-9-18)10-16-14(20)15(21)17-12-2-4-13(5-3-12)19(22)23/h2-5,11H,6-10H2,1H3,(H,16,20)(H,17,21). The lowest BCUT2D eigenvalue weighted by Crippen LogP contribution is -2.43. The maximum Gasteiger partial charge on any atom is 0.313 e. The molecule has 2 rings (SSSR count). The molecule has 1 aromatic rings. The van der Waals surface area contributed by atoms with Crippen molar-refractivity contribution >= 4 is 33.2 Å². The minimum absolute atomic E-state index is 0.101. The summed E-state index contributed by atoms with van der Waals surface area (Å²) in [5, 5.41) is 15.5. The van der Waals surface area contributed by atoms with E-state index in [0.717, 1.165) is 6.26 Å². The van der Waals surface area contributed by atoms with Gasteiger partial charge in [-0.1, -0.05) is 0 Å². The van der Waals surface area contributed by atoms with Gasteiger partial charge in [0.25, 0.3) is 5.69 Å². The van der Waals surface area contributed by atoms with Crippen molar-refractivity contribution in [3.63, 3.8) is 0 Å². The van der Waals surface area contributed by atoms with E-state index in [-0.39, 0.29) is 23.8 Å². The summed E-state index contributed by atoms with van der Waals surface area (Å²) in [6.07, 6.45) is 2.38. The van der Waals surface area contributed by atoms with Crippen LogP contribution in [-0.2, 0) is 19.6 Å². The topological polar surface area (TPSA) is 139 Å². The molecule has 26 heavy (non-hydrogen) atoms. The van der Waals surface area contributed by atoms with Crippen LogP contribution >= 0.6 is 0 Å². The Balaban J connectivity index is 1.77. The summed E-state index contributed by atoms with van der Waals surface area (Å²) in [7, 11) is -3.20. The molecule has 0 spiro atoms. The van der Waals surface area contributed by atoms with Crippen LogP contribution in [0.5, 0.6) is 0 Å². The van der Waals surface area contributed by atoms with Crippen LogP contribution in [0, 0.1) is 16.0 Å². The quantitative estimate of drug-likeness (QED) is 0.426. The number of sulfonamides is 1. The van der Waals surface area contributed by atoms with Crippen molar-refractivity contribution in [3.05, 3.63) is 34.4 Å². The van der Waals surface area contributed by atoms with Gasteiger partial charge >= 0.3 is 11.8 Å². The van der Waals surface area contributed by atoms with Crippen molar-refractivity contribution in [2.24, 2.45) is 5.92 Å². The number of hydrogen-bond acceptors (Lipinski definition) is 6. The first kappa shape index (κ1) is 19.8. The van der Waals surface area contributed by atoms with Crippen LogP contribution < -0.4 is 10.6 Å². The van der Waals surface area contributed by atoms with Gasteiger partial charge in [-0.3, -0.25) is 19.7 Å². The molecule has 1 aliphatic heterocycles. The molecular weight excluding hydrogens is 364 g/mol. The third kappa shape index (κ3) is 5.49. The molecule has 1 aliphatic rings. The highest BCUT2D eigenvalue weighted by Crippen LogP contribution is 2.18. The summed E-state index contributed by atoms with van der Waals surface area (Å²) in [6, 6.07) is 5.13. The van der Waals surface area contributed by atoms with Crippen molar-refractivity contribution in [1.29, 1.82) is 0 Å². The van der Waals surface area contributed by atoms with Crippen LogP contribution in [0.4, 0.5) is 11.4 Å². The number of hydrogen-bond donors (Lipinski definition) is 2. The molecule has 11 heteroatoms. The van der Waals surface area contributed by atoms with Crippen molar-refractivity contribution in [1.82, 2.24) is 9.62 Å². The third-order valence-corrected chi connectivity index (χ3v) is 5.44. The first-order valence-corrected chi connectivity index (χ1v) is 9.80. The molecule has 0 unspecified atom stereocenters. The number of piperidine rings is 1. The van der Waals surface area contributed by atoms with Gasteiger partial charge < -0.3 is 10.6 Å². The molecule has 1 fully saturated rings. The Kier molecular flexibility index (Phi) is 6.27. The second-order valence-corrected chi connectivity index (χ2v) is 8.06. The lowest BCUT2D eigenvalue weighted by atomic mass is 9.98. The summed E-state index contributed by atoms with van der Waals surface area (Å²) in [6.45, 7) is 1.08. The SMILES string of the molecule is CS(=O)(=O)N1CCC(CNC(=O)C(=O)Nc2ccc([N+](=O)[O-])cc2)CC1. The van der Waals surface area contributed by atoms with Crippen LogP contribution in [-0.4, -0.2) is 55.4 Å². The van der Waals surface area contributed by atoms with E-state index in [2.05, 4.69) is 10.6 Å². The van der Waals surface area contributed by atoms with Crippen molar-refractivity contribution in [2.45, 2.75) is 12.8 Å². The van der Waals surface area contributed by atoms with Crippen molar-refractivity contribution in [3.8, 4) is 0 Å². The average Bonchev–Trinajstić information content (AvgIpc) is 2.59. The molecule has 0 aromatic heterocycles. The molecule has 1 heterocycles. The van der Waals surface area contributed by atoms with Gasteiger partial charge in [-0.05, 0) is 30.9 Å². The Morgan fingerprint density at radius 2 is 1.77 bits per heavy atom. The predicted octanol–water partition coefficient (Wildman–Crippen LogP) is 0.321. The van der Waals surface area contributed by atoms with E-state index in [4.69, 9.17) is 0 Å². The largest absolute Gasteiger partial charge is 0.348 e. The number of nitro groups is 1. The Morgan fingerprint density at radius 1 is 1.19 bits per heavy atom. The molecular formula is C15H20N4O6S. The lowest BCUT2D eigenvalue weighted by molar-refractivity contribution is -0.384. The Hall–Kier alpha value is -2.53. The first-order valence-electron chi connectivity index (χ1n) is 7.95. The van der Waals surface area contributed by atoms with E-state index >= 15 is 0 Å². The molecule has 10 nitrogen and oxygen atoms in total. The summed E-state index contributed by atoms with van der Waals surface area (Å²) in [5.74, 6) is -1.58. The van der Waals surface area contributed by atoms with Gasteiger partial charge in [0, 0.05) is 37.5 Å². The number of anilines is 1. The van der Waals surface area contributed by atoms with Gasteiger partial charge in [0.05, 0.1) is 11.2 Å². The highest BCUT2D eigenvalue weighted by Gasteiger charge is 2.25. The highest BCUT2D eigenvalue weighted by atomic mass is 32.2. The average molecular weight is 384 g/mol. The maximum atomic E-state index is 11.9. The second-order valence-electron chi connectivity index (χ2n) is 6.07. The Bertz CT molecular complexity index is 785. The van der Waals surface area contributed by atoms with E-state index < -0.39 is 26.8 Å². The van der Waals surface area contributed by atoms with Crippen LogP contribution in [0.25, 0.3) is 0 Å². The summed E-state index contributed by atoms with van der Waals surface area (Å²) in [4.78, 5) is 33.7. The molecule has 1 saturated heterocycles. The summed E-state index contributed by atoms with van der Waals surface area (Å²) in [5.41, 5.74) is 0.157. The van der Waals surface area contributed by atoms with Gasteiger partial charge in [-0.25, -0.2) is 12.7 Å². The zero-order valence-corrected chi connectivity index (χ0v) is 15.0. The van der Waals surface area contributed by atoms with Crippen molar-refractivity contribution in [2.75, 3.05) is 31.2 Å². The second kappa shape index (κ2) is 8.23. The minimum Gasteiger partial charge on any atom is -0.348 e. The normalized spacial score (nSPS) is 16.0. The van der Waals surface area contributed by atoms with E-state index in [1.807, 2.05) is 0 Å². The zero-order chi connectivity index (χ0) is 19.3. The Labute approximate surface area is 150 Å². The first-order chi connectivity index (χ1) is 12.2. The molecule has 0 bridgehead atoms. The number of non-ortho nitro benzene ring substituents is 1. The monoisotopic (exact) mass is 384 g/mol. The van der Waals surface area contributed by atoms with Gasteiger partial charge in [0.2, 0.25) is 10.0 Å². The van der Waals surface area contributed by atoms with Crippen LogP contribution in [0.3, 0.4) is 0 Å². The molecule has 1 aromatic carbocycles. The van der Waals surface area contributed by atoms with Crippen LogP contribution in [0.15, 0.2) is 24.3 Å². The number of rotatable bonds is 5. The number of nitro benzene ring substituents is 1. The zero-order valence-electron chi connectivity index (χ0n) is 14.2. The highest BCUT2D eigenvalue weighted by molar-refractivity contribution is 7.88. The van der Waals surface area contributed by atoms with E-state index in [0.29, 0.717) is 25.9 Å². The predicted molar refractivity (Wildman–Crippen MR) is 93.9 cm³/mol. The molecule has 0 atom stereocenters. The fraction of sp³-hybridized carbons (Fsp3) is 0.467. The maximum absolute atomic E-state index is 11.9. The molecule has 142 valence electrons. The van der Waals surface area contributed by atoms with Gasteiger partial charge in [-0.15, -0.1) is 0 Å². The number of benzene rings is 1. The lowest BCUT2D eigenvalue weighted by Gasteiger charge is -2.30. The van der Waals surface area contributed by atoms with Crippen molar-refractivity contribution < 1.29 is 22.9 Å². The molecule has 0 radical (unpaired) electrons. The van der Waals surface area contributed by atoms with Gasteiger partial charge in [-0.2, -0.15) is 0 Å². The molecule has 0 saturated carbocycles. The van der Waals surface area contributed by atoms with Gasteiger partial charge in [0.15, 0.2) is 0 Å². The number of carbonyl (C=O) groups excluding carboxylic acids is 2. The molecule has 2 amide bonds. The van der Waals surface area contributed by atoms with Crippen LogP contribution in [0.1, 0.15) is 12.8 Å². The fourth-order valence-corrected chi connectivity index (χ4v) is 3.49. The summed E-state index contributed by atoms with van der Waals surface area (Å²) >= 11 is 0. The minimum atomic E-state index is -3.20. The number of nitrogens with one attached hydrogen (secondary N) is 2. The van der Waals surface area contributed by atoms with E-state index in [1.54, 1.807) is 0 Å². The molecule has 0 aliphatic carbocycles. The Morgan fingerprint density at radius 3 is 2.27 bits per heavy atom. The van der Waals surface area contributed by atoms with Gasteiger partial charge in [0.1, 0.15) is 0 Å². The number of carbonyl (C=O) groups is 2. The van der Waals surface area contributed by atoms with E-state index in [1.165, 1.54) is 28.6 Å². The summed E-state index contributed by atoms with van der Waals surface area (Å²) < 4.78 is 24.3. The number of nitrogens with zero attached hydrogens (tertiary/aromatic N) is 2. The third-order valence-electron chi connectivity index (χ3n) is 4.14. The van der Waals surface area contributed by atoms with E-state index in [9.17, 15) is 28.1 Å². The van der Waals surface area contributed by atoms with Crippen LogP contribution in [0.2, 0.25) is 0 Å².